The van der Waals surface area contributed by atoms with Crippen molar-refractivity contribution in [3.8, 4) is 0 Å². The predicted octanol–water partition coefficient (Wildman–Crippen LogP) is 1.61. The summed E-state index contributed by atoms with van der Waals surface area (Å²) in [5.74, 6) is -2.35. The van der Waals surface area contributed by atoms with Gasteiger partial charge in [0.05, 0.1) is 0 Å². The molecule has 1 saturated heterocycles. The van der Waals surface area contributed by atoms with Crippen molar-refractivity contribution < 1.29 is 13.6 Å². The van der Waals surface area contributed by atoms with Crippen LogP contribution in [0.4, 0.5) is 8.78 Å². The highest BCUT2D eigenvalue weighted by molar-refractivity contribution is 7.99. The van der Waals surface area contributed by atoms with Gasteiger partial charge in [0.1, 0.15) is 5.92 Å². The van der Waals surface area contributed by atoms with Gasteiger partial charge < -0.3 is 4.90 Å². The average molecular weight is 221 g/mol. The van der Waals surface area contributed by atoms with Crippen LogP contribution < -0.4 is 0 Å². The molecule has 0 aromatic carbocycles. The first kappa shape index (κ1) is 10.2. The minimum atomic E-state index is -2.72. The Morgan fingerprint density at radius 1 is 1.57 bits per heavy atom. The highest BCUT2D eigenvalue weighted by Gasteiger charge is 2.62. The van der Waals surface area contributed by atoms with E-state index >= 15 is 0 Å². The highest BCUT2D eigenvalue weighted by Crippen LogP contribution is 2.49. The third-order valence-corrected chi connectivity index (χ3v) is 3.96. The number of hydrogen-bond acceptors (Lipinski definition) is 2. The third-order valence-electron chi connectivity index (χ3n) is 2.77. The summed E-state index contributed by atoms with van der Waals surface area (Å²) >= 11 is 1.77. The van der Waals surface area contributed by atoms with E-state index in [1.807, 2.05) is 6.92 Å². The summed E-state index contributed by atoms with van der Waals surface area (Å²) in [5, 5.41) is 0. The van der Waals surface area contributed by atoms with Gasteiger partial charge >= 0.3 is 0 Å². The lowest BCUT2D eigenvalue weighted by Crippen LogP contribution is -2.45. The van der Waals surface area contributed by atoms with E-state index in [0.29, 0.717) is 6.54 Å². The van der Waals surface area contributed by atoms with Gasteiger partial charge in [0.25, 0.3) is 5.92 Å². The molecule has 2 rings (SSSR count). The predicted molar refractivity (Wildman–Crippen MR) is 51.6 cm³/mol. The van der Waals surface area contributed by atoms with Crippen molar-refractivity contribution in [2.24, 2.45) is 5.92 Å². The molecule has 1 aliphatic heterocycles. The molecule has 1 aliphatic carbocycles. The van der Waals surface area contributed by atoms with E-state index in [1.54, 1.807) is 16.7 Å². The van der Waals surface area contributed by atoms with Gasteiger partial charge in [-0.2, -0.15) is 11.8 Å². The maximum Gasteiger partial charge on any atom is 0.260 e. The fraction of sp³-hybridized carbons (Fsp3) is 0.889. The molecule has 2 atom stereocenters. The Morgan fingerprint density at radius 2 is 2.21 bits per heavy atom. The number of carbonyl (C=O) groups is 1. The number of nitrogens with zero attached hydrogens (tertiary/aromatic N) is 1. The van der Waals surface area contributed by atoms with Crippen LogP contribution in [0.3, 0.4) is 0 Å². The van der Waals surface area contributed by atoms with Crippen LogP contribution in [0.2, 0.25) is 0 Å². The first-order chi connectivity index (χ1) is 6.52. The van der Waals surface area contributed by atoms with E-state index in [0.717, 1.165) is 11.5 Å². The Bertz CT molecular complexity index is 259. The lowest BCUT2D eigenvalue weighted by atomic mass is 10.2. The van der Waals surface area contributed by atoms with E-state index in [-0.39, 0.29) is 18.4 Å². The molecule has 1 amide bonds. The van der Waals surface area contributed by atoms with Crippen LogP contribution in [-0.2, 0) is 4.79 Å². The number of rotatable bonds is 1. The number of hydrogen-bond donors (Lipinski definition) is 0. The lowest BCUT2D eigenvalue weighted by Gasteiger charge is -2.33. The molecule has 1 saturated carbocycles. The van der Waals surface area contributed by atoms with E-state index in [1.165, 1.54) is 0 Å². The normalized spacial score (nSPS) is 35.5. The molecule has 0 spiro atoms. The molecule has 2 nitrogen and oxygen atoms in total. The molecule has 1 heterocycles. The van der Waals surface area contributed by atoms with Crippen LogP contribution >= 0.6 is 11.8 Å². The van der Waals surface area contributed by atoms with Crippen LogP contribution in [0.1, 0.15) is 13.3 Å². The Hall–Kier alpha value is -0.320. The van der Waals surface area contributed by atoms with Crippen molar-refractivity contribution in [1.29, 1.82) is 0 Å². The molecule has 0 unspecified atom stereocenters. The van der Waals surface area contributed by atoms with Gasteiger partial charge in [-0.25, -0.2) is 8.78 Å². The molecule has 0 radical (unpaired) electrons. The molecule has 0 aromatic heterocycles. The van der Waals surface area contributed by atoms with Crippen molar-refractivity contribution >= 4 is 17.7 Å². The van der Waals surface area contributed by atoms with Crippen molar-refractivity contribution in [2.75, 3.05) is 18.1 Å². The molecular weight excluding hydrogens is 208 g/mol. The van der Waals surface area contributed by atoms with Crippen LogP contribution in [0.15, 0.2) is 0 Å². The number of amides is 1. The molecule has 2 aliphatic rings. The maximum absolute atomic E-state index is 12.7. The van der Waals surface area contributed by atoms with Crippen LogP contribution in [-0.4, -0.2) is 40.8 Å². The standard InChI is InChI=1S/C9H13F2NOS/c1-6-5-14-3-2-12(6)8(13)7-4-9(7,10)11/h6-7H,2-5H2,1H3/t6-,7+/m1/s1. The Balaban J connectivity index is 1.97. The number of alkyl halides is 2. The smallest absolute Gasteiger partial charge is 0.260 e. The summed E-state index contributed by atoms with van der Waals surface area (Å²) in [6.07, 6.45) is -0.248. The summed E-state index contributed by atoms with van der Waals surface area (Å²) in [5.41, 5.74) is 0. The molecule has 0 aromatic rings. The highest BCUT2D eigenvalue weighted by atomic mass is 32.2. The van der Waals surface area contributed by atoms with Crippen LogP contribution in [0.25, 0.3) is 0 Å². The molecule has 14 heavy (non-hydrogen) atoms. The maximum atomic E-state index is 12.7. The van der Waals surface area contributed by atoms with Crippen LogP contribution in [0.5, 0.6) is 0 Å². The van der Waals surface area contributed by atoms with Gasteiger partial charge in [0, 0.05) is 30.5 Å². The van der Waals surface area contributed by atoms with Crippen molar-refractivity contribution in [3.63, 3.8) is 0 Å². The molecule has 5 heteroatoms. The van der Waals surface area contributed by atoms with Gasteiger partial charge in [-0.3, -0.25) is 4.79 Å². The van der Waals surface area contributed by atoms with Gasteiger partial charge in [0.2, 0.25) is 5.91 Å². The summed E-state index contributed by atoms with van der Waals surface area (Å²) in [4.78, 5) is 13.2. The van der Waals surface area contributed by atoms with Crippen molar-refractivity contribution in [2.45, 2.75) is 25.3 Å². The second kappa shape index (κ2) is 3.36. The second-order valence-corrected chi connectivity index (χ2v) is 5.12. The zero-order chi connectivity index (χ0) is 10.3. The zero-order valence-electron chi connectivity index (χ0n) is 8.00. The van der Waals surface area contributed by atoms with Gasteiger partial charge in [-0.15, -0.1) is 0 Å². The molecule has 2 fully saturated rings. The monoisotopic (exact) mass is 221 g/mol. The summed E-state index contributed by atoms with van der Waals surface area (Å²) in [7, 11) is 0. The fourth-order valence-electron chi connectivity index (χ4n) is 1.74. The van der Waals surface area contributed by atoms with E-state index < -0.39 is 11.8 Å². The lowest BCUT2D eigenvalue weighted by molar-refractivity contribution is -0.136. The second-order valence-electron chi connectivity index (χ2n) is 3.97. The number of halogens is 2. The number of carbonyl (C=O) groups excluding carboxylic acids is 1. The fourth-order valence-corrected chi connectivity index (χ4v) is 2.75. The van der Waals surface area contributed by atoms with Gasteiger partial charge in [-0.1, -0.05) is 0 Å². The van der Waals surface area contributed by atoms with E-state index in [2.05, 4.69) is 0 Å². The van der Waals surface area contributed by atoms with Crippen molar-refractivity contribution in [3.05, 3.63) is 0 Å². The summed E-state index contributed by atoms with van der Waals surface area (Å²) in [6.45, 7) is 2.54. The van der Waals surface area contributed by atoms with Gasteiger partial charge in [0.15, 0.2) is 0 Å². The SMILES string of the molecule is C[C@@H]1CSCCN1C(=O)[C@@H]1CC1(F)F. The minimum Gasteiger partial charge on any atom is -0.338 e. The Morgan fingerprint density at radius 3 is 2.71 bits per heavy atom. The van der Waals surface area contributed by atoms with Crippen molar-refractivity contribution in [1.82, 2.24) is 4.90 Å². The number of thioether (sulfide) groups is 1. The van der Waals surface area contributed by atoms with E-state index in [4.69, 9.17) is 0 Å². The summed E-state index contributed by atoms with van der Waals surface area (Å²) < 4.78 is 25.4. The van der Waals surface area contributed by atoms with E-state index in [9.17, 15) is 13.6 Å². The quantitative estimate of drug-likeness (QED) is 0.670. The van der Waals surface area contributed by atoms with Gasteiger partial charge in [-0.05, 0) is 6.92 Å². The molecule has 0 bridgehead atoms. The first-order valence-corrected chi connectivity index (χ1v) is 5.94. The first-order valence-electron chi connectivity index (χ1n) is 4.78. The molecule has 80 valence electrons. The van der Waals surface area contributed by atoms with Crippen LogP contribution in [0, 0.1) is 5.92 Å². The topological polar surface area (TPSA) is 20.3 Å². The zero-order valence-corrected chi connectivity index (χ0v) is 8.82. The largest absolute Gasteiger partial charge is 0.338 e. The Labute approximate surface area is 86.0 Å². The minimum absolute atomic E-state index is 0.109. The third kappa shape index (κ3) is 1.74. The average Bonchev–Trinajstić information content (AvgIpc) is 2.75. The molecular formula is C9H13F2NOS. The summed E-state index contributed by atoms with van der Waals surface area (Å²) in [6, 6.07) is 0.109. The molecule has 0 N–H and O–H groups in total. The Kier molecular flexibility index (Phi) is 2.45.